The van der Waals surface area contributed by atoms with Gasteiger partial charge >= 0.3 is 12.4 Å². The number of urea groups is 1. The first-order valence-electron chi connectivity index (χ1n) is 13.5. The molecule has 0 spiro atoms. The summed E-state index contributed by atoms with van der Waals surface area (Å²) in [4.78, 5) is 35.0. The molecule has 3 amide bonds. The Morgan fingerprint density at radius 3 is 2.57 bits per heavy atom. The molecule has 1 N–H and O–H groups in total. The zero-order valence-electron chi connectivity index (χ0n) is 23.4. The van der Waals surface area contributed by atoms with Gasteiger partial charge in [-0.3, -0.25) is 9.69 Å². The van der Waals surface area contributed by atoms with Crippen LogP contribution in [0.3, 0.4) is 0 Å². The SMILES string of the molecule is CCCCc1ccccc1N1C(=O)CSC1=NC(=O)N/N=C/c1ccc(-c2ncn(-c3ccc(OC(F)(F)F)cc3)n2)cc1. The lowest BCUT2D eigenvalue weighted by atomic mass is 10.1. The Balaban J connectivity index is 1.20. The third-order valence-corrected chi connectivity index (χ3v) is 7.29. The number of nitrogens with zero attached hydrogens (tertiary/aromatic N) is 6. The minimum atomic E-state index is -4.77. The molecule has 1 aliphatic heterocycles. The highest BCUT2D eigenvalue weighted by Gasteiger charge is 2.32. The highest BCUT2D eigenvalue weighted by Crippen LogP contribution is 2.30. The van der Waals surface area contributed by atoms with E-state index < -0.39 is 12.4 Å². The van der Waals surface area contributed by atoms with E-state index in [4.69, 9.17) is 0 Å². The maximum atomic E-state index is 12.7. The van der Waals surface area contributed by atoms with Crippen molar-refractivity contribution in [2.24, 2.45) is 10.1 Å². The van der Waals surface area contributed by atoms with Crippen LogP contribution in [-0.2, 0) is 11.2 Å². The lowest BCUT2D eigenvalue weighted by Crippen LogP contribution is -2.31. The molecule has 1 aliphatic rings. The number of alkyl halides is 3. The van der Waals surface area contributed by atoms with E-state index in [-0.39, 0.29) is 17.4 Å². The molecule has 1 saturated heterocycles. The fraction of sp³-hybridized carbons (Fsp3) is 0.200. The summed E-state index contributed by atoms with van der Waals surface area (Å²) in [5.74, 6) is 0.125. The number of aromatic nitrogens is 3. The van der Waals surface area contributed by atoms with Gasteiger partial charge in [-0.05, 0) is 54.3 Å². The monoisotopic (exact) mass is 621 g/mol. The molecular weight excluding hydrogens is 595 g/mol. The van der Waals surface area contributed by atoms with Crippen molar-refractivity contribution < 1.29 is 27.5 Å². The van der Waals surface area contributed by atoms with Gasteiger partial charge in [0.15, 0.2) is 11.0 Å². The molecule has 0 radical (unpaired) electrons. The second-order valence-corrected chi connectivity index (χ2v) is 10.4. The molecule has 2 heterocycles. The van der Waals surface area contributed by atoms with Crippen LogP contribution < -0.4 is 15.1 Å². The van der Waals surface area contributed by atoms with Crippen molar-refractivity contribution in [2.45, 2.75) is 32.5 Å². The molecule has 5 rings (SSSR count). The second-order valence-electron chi connectivity index (χ2n) is 9.50. The molecule has 3 aromatic carbocycles. The Morgan fingerprint density at radius 1 is 1.09 bits per heavy atom. The number of hydrogen-bond acceptors (Lipinski definition) is 7. The fourth-order valence-electron chi connectivity index (χ4n) is 4.30. The summed E-state index contributed by atoms with van der Waals surface area (Å²) in [7, 11) is 0. The number of hydrogen-bond donors (Lipinski definition) is 1. The lowest BCUT2D eigenvalue weighted by molar-refractivity contribution is -0.274. The smallest absolute Gasteiger partial charge is 0.406 e. The molecule has 0 bridgehead atoms. The van der Waals surface area contributed by atoms with E-state index in [2.05, 4.69) is 37.3 Å². The number of rotatable bonds is 9. The summed E-state index contributed by atoms with van der Waals surface area (Å²) in [5.41, 5.74) is 6.00. The standard InChI is InChI=1S/C30H26F3N7O3S/c1-2-3-6-21-7-4-5-8-25(21)40-26(41)18-44-29(40)36-28(42)37-35-17-20-9-11-22(12-10-20)27-34-19-39(38-27)23-13-15-24(16-14-23)43-30(31,32)33/h4-5,7-17,19H,2-3,6,18H2,1H3,(H,37,42)/b35-17+,36-29?. The van der Waals surface area contributed by atoms with Gasteiger partial charge in [0.2, 0.25) is 5.91 Å². The van der Waals surface area contributed by atoms with E-state index >= 15 is 0 Å². The molecule has 14 heteroatoms. The van der Waals surface area contributed by atoms with Crippen LogP contribution in [0.5, 0.6) is 5.75 Å². The highest BCUT2D eigenvalue weighted by atomic mass is 32.2. The molecule has 0 aliphatic carbocycles. The van der Waals surface area contributed by atoms with Gasteiger partial charge in [-0.1, -0.05) is 67.6 Å². The number of halogens is 3. The van der Waals surface area contributed by atoms with Crippen molar-refractivity contribution in [3.05, 3.63) is 90.3 Å². The first-order chi connectivity index (χ1) is 21.2. The van der Waals surface area contributed by atoms with Crippen molar-refractivity contribution in [2.75, 3.05) is 10.7 Å². The van der Waals surface area contributed by atoms with Crippen LogP contribution in [0.1, 0.15) is 30.9 Å². The number of anilines is 1. The Kier molecular flexibility index (Phi) is 9.38. The van der Waals surface area contributed by atoms with Crippen molar-refractivity contribution in [3.63, 3.8) is 0 Å². The Hall–Kier alpha value is -4.98. The number of para-hydroxylation sites is 1. The van der Waals surface area contributed by atoms with E-state index in [1.54, 1.807) is 24.3 Å². The maximum Gasteiger partial charge on any atom is 0.573 e. The average molecular weight is 622 g/mol. The number of aliphatic imine (C=N–C) groups is 1. The fourth-order valence-corrected chi connectivity index (χ4v) is 5.16. The minimum absolute atomic E-state index is 0.137. The number of carbonyl (C=O) groups is 2. The number of nitrogens with one attached hydrogen (secondary N) is 1. The van der Waals surface area contributed by atoms with Gasteiger partial charge < -0.3 is 4.74 Å². The maximum absolute atomic E-state index is 12.7. The molecule has 226 valence electrons. The Morgan fingerprint density at radius 2 is 1.84 bits per heavy atom. The third kappa shape index (κ3) is 7.69. The predicted octanol–water partition coefficient (Wildman–Crippen LogP) is 6.36. The number of amidine groups is 1. The Bertz CT molecular complexity index is 1690. The van der Waals surface area contributed by atoms with Crippen LogP contribution in [0, 0.1) is 0 Å². The van der Waals surface area contributed by atoms with Crippen LogP contribution in [0.2, 0.25) is 0 Å². The number of amides is 3. The summed E-state index contributed by atoms with van der Waals surface area (Å²) in [6.45, 7) is 2.10. The van der Waals surface area contributed by atoms with Crippen LogP contribution in [0.15, 0.2) is 89.2 Å². The second kappa shape index (κ2) is 13.5. The molecular formula is C30H26F3N7O3S. The summed E-state index contributed by atoms with van der Waals surface area (Å²) in [5, 5.41) is 8.65. The van der Waals surface area contributed by atoms with Gasteiger partial charge in [0.05, 0.1) is 23.3 Å². The van der Waals surface area contributed by atoms with Crippen molar-refractivity contribution >= 4 is 40.8 Å². The molecule has 10 nitrogen and oxygen atoms in total. The first-order valence-corrected chi connectivity index (χ1v) is 14.5. The van der Waals surface area contributed by atoms with Crippen molar-refractivity contribution in [3.8, 4) is 22.8 Å². The van der Waals surface area contributed by atoms with E-state index in [0.717, 1.165) is 30.5 Å². The van der Waals surface area contributed by atoms with E-state index in [9.17, 15) is 22.8 Å². The van der Waals surface area contributed by atoms with Crippen molar-refractivity contribution in [1.82, 2.24) is 20.2 Å². The first kappa shape index (κ1) is 30.5. The van der Waals surface area contributed by atoms with Crippen LogP contribution in [0.25, 0.3) is 17.1 Å². The van der Waals surface area contributed by atoms with E-state index in [1.807, 2.05) is 24.3 Å². The van der Waals surface area contributed by atoms with Gasteiger partial charge in [0.1, 0.15) is 12.1 Å². The van der Waals surface area contributed by atoms with Crippen molar-refractivity contribution in [1.29, 1.82) is 0 Å². The number of thioether (sulfide) groups is 1. The number of carbonyl (C=O) groups excluding carboxylic acids is 2. The van der Waals surface area contributed by atoms with Crippen LogP contribution in [0.4, 0.5) is 23.7 Å². The number of benzene rings is 3. The van der Waals surface area contributed by atoms with Crippen LogP contribution in [-0.4, -0.2) is 50.2 Å². The molecule has 0 saturated carbocycles. The summed E-state index contributed by atoms with van der Waals surface area (Å²) < 4.78 is 42.5. The van der Waals surface area contributed by atoms with Gasteiger partial charge in [-0.25, -0.2) is 19.9 Å². The molecule has 1 fully saturated rings. The number of aryl methyl sites for hydroxylation is 1. The summed E-state index contributed by atoms with van der Waals surface area (Å²) in [6, 6.07) is 19.2. The predicted molar refractivity (Wildman–Crippen MR) is 162 cm³/mol. The molecule has 0 atom stereocenters. The molecule has 4 aromatic rings. The zero-order valence-corrected chi connectivity index (χ0v) is 24.2. The van der Waals surface area contributed by atoms with Crippen LogP contribution >= 0.6 is 11.8 Å². The topological polar surface area (TPSA) is 114 Å². The molecule has 1 aromatic heterocycles. The molecule has 44 heavy (non-hydrogen) atoms. The number of hydrazone groups is 1. The number of unbranched alkanes of at least 4 members (excludes halogenated alkanes) is 1. The Labute approximate surface area is 254 Å². The minimum Gasteiger partial charge on any atom is -0.406 e. The zero-order chi connectivity index (χ0) is 31.1. The largest absolute Gasteiger partial charge is 0.573 e. The van der Waals surface area contributed by atoms with Gasteiger partial charge in [0, 0.05) is 5.56 Å². The third-order valence-electron chi connectivity index (χ3n) is 6.36. The van der Waals surface area contributed by atoms with Gasteiger partial charge in [0.25, 0.3) is 0 Å². The van der Waals surface area contributed by atoms with E-state index in [0.29, 0.717) is 27.8 Å². The average Bonchev–Trinajstić information content (AvgIpc) is 3.63. The summed E-state index contributed by atoms with van der Waals surface area (Å²) >= 11 is 1.20. The summed E-state index contributed by atoms with van der Waals surface area (Å²) in [6.07, 6.45) is 0.951. The number of ether oxygens (including phenoxy) is 1. The quantitative estimate of drug-likeness (QED) is 0.172. The highest BCUT2D eigenvalue weighted by molar-refractivity contribution is 8.15. The van der Waals surface area contributed by atoms with Gasteiger partial charge in [-0.15, -0.1) is 18.3 Å². The van der Waals surface area contributed by atoms with Gasteiger partial charge in [-0.2, -0.15) is 10.1 Å². The molecule has 0 unspecified atom stereocenters. The van der Waals surface area contributed by atoms with E-state index in [1.165, 1.54) is 58.2 Å². The normalized spacial score (nSPS) is 14.5. The lowest BCUT2D eigenvalue weighted by Gasteiger charge is -2.19.